The van der Waals surface area contributed by atoms with Gasteiger partial charge in [0.25, 0.3) is 5.91 Å². The highest BCUT2D eigenvalue weighted by Crippen LogP contribution is 2.41. The van der Waals surface area contributed by atoms with E-state index in [1.54, 1.807) is 25.4 Å². The molecule has 0 saturated heterocycles. The number of anilines is 1. The highest BCUT2D eigenvalue weighted by atomic mass is 19.1. The molecule has 0 unspecified atom stereocenters. The van der Waals surface area contributed by atoms with Gasteiger partial charge in [-0.2, -0.15) is 4.98 Å². The van der Waals surface area contributed by atoms with E-state index in [4.69, 9.17) is 8.83 Å². The molecule has 38 heavy (non-hydrogen) atoms. The number of rotatable bonds is 5. The third-order valence-electron chi connectivity index (χ3n) is 6.34. The maximum Gasteiger partial charge on any atom is 0.255 e. The number of fused-ring (bicyclic) bond motifs is 2. The fourth-order valence-corrected chi connectivity index (χ4v) is 4.52. The van der Waals surface area contributed by atoms with E-state index < -0.39 is 0 Å². The molecule has 0 aliphatic rings. The van der Waals surface area contributed by atoms with Crippen molar-refractivity contribution in [1.82, 2.24) is 20.3 Å². The second-order valence-corrected chi connectivity index (χ2v) is 8.96. The molecule has 0 fully saturated rings. The first kappa shape index (κ1) is 23.4. The number of carbonyl (C=O) groups excluding carboxylic acids is 1. The fourth-order valence-electron chi connectivity index (χ4n) is 4.52. The van der Waals surface area contributed by atoms with E-state index in [-0.39, 0.29) is 11.7 Å². The number of nitrogens with one attached hydrogen (secondary N) is 1. The first-order valence-corrected chi connectivity index (χ1v) is 11.9. The Morgan fingerprint density at radius 3 is 2.47 bits per heavy atom. The van der Waals surface area contributed by atoms with Gasteiger partial charge in [-0.15, -0.1) is 0 Å². The van der Waals surface area contributed by atoms with Gasteiger partial charge in [-0.1, -0.05) is 12.1 Å². The van der Waals surface area contributed by atoms with E-state index in [9.17, 15) is 9.18 Å². The molecule has 3 aromatic heterocycles. The quantitative estimate of drug-likeness (QED) is 0.309. The number of benzene rings is 3. The Hall–Kier alpha value is -5.05. The van der Waals surface area contributed by atoms with E-state index in [1.807, 2.05) is 55.4 Å². The van der Waals surface area contributed by atoms with Crippen molar-refractivity contribution in [2.45, 2.75) is 0 Å². The molecule has 9 heteroatoms. The number of furan rings is 1. The van der Waals surface area contributed by atoms with Crippen molar-refractivity contribution in [1.29, 1.82) is 0 Å². The first-order chi connectivity index (χ1) is 18.4. The zero-order valence-electron chi connectivity index (χ0n) is 20.8. The lowest BCUT2D eigenvalue weighted by atomic mass is 9.97. The molecule has 3 heterocycles. The van der Waals surface area contributed by atoms with Crippen LogP contribution in [0.4, 0.5) is 10.1 Å². The predicted molar refractivity (Wildman–Crippen MR) is 143 cm³/mol. The number of carbonyl (C=O) groups is 1. The van der Waals surface area contributed by atoms with E-state index in [2.05, 4.69) is 20.3 Å². The van der Waals surface area contributed by atoms with Crippen molar-refractivity contribution in [2.75, 3.05) is 26.0 Å². The van der Waals surface area contributed by atoms with Crippen molar-refractivity contribution in [3.8, 4) is 33.9 Å². The van der Waals surface area contributed by atoms with E-state index in [0.29, 0.717) is 45.0 Å². The van der Waals surface area contributed by atoms with Crippen LogP contribution in [0, 0.1) is 5.82 Å². The average molecular weight is 508 g/mol. The van der Waals surface area contributed by atoms with E-state index in [1.165, 1.54) is 18.5 Å². The molecule has 0 saturated carbocycles. The van der Waals surface area contributed by atoms with Gasteiger partial charge in [0, 0.05) is 55.0 Å². The van der Waals surface area contributed by atoms with Crippen molar-refractivity contribution >= 4 is 33.8 Å². The number of hydrogen-bond donors (Lipinski definition) is 1. The summed E-state index contributed by atoms with van der Waals surface area (Å²) in [7, 11) is 5.45. The summed E-state index contributed by atoms with van der Waals surface area (Å²) in [4.78, 5) is 27.7. The van der Waals surface area contributed by atoms with Gasteiger partial charge in [0.1, 0.15) is 23.5 Å². The summed E-state index contributed by atoms with van der Waals surface area (Å²) in [6, 6.07) is 17.5. The van der Waals surface area contributed by atoms with Crippen LogP contribution in [0.3, 0.4) is 0 Å². The summed E-state index contributed by atoms with van der Waals surface area (Å²) in [5.41, 5.74) is 5.97. The summed E-state index contributed by atoms with van der Waals surface area (Å²) in [6.45, 7) is 0. The van der Waals surface area contributed by atoms with Crippen molar-refractivity contribution in [3.05, 3.63) is 84.6 Å². The maximum absolute atomic E-state index is 13.6. The molecule has 0 atom stereocenters. The Labute approximate surface area is 216 Å². The highest BCUT2D eigenvalue weighted by Gasteiger charge is 2.24. The number of aromatic nitrogens is 3. The topological polar surface area (TPSA) is 97.3 Å². The second kappa shape index (κ2) is 9.11. The van der Waals surface area contributed by atoms with E-state index >= 15 is 0 Å². The molecule has 6 aromatic rings. The smallest absolute Gasteiger partial charge is 0.255 e. The van der Waals surface area contributed by atoms with Gasteiger partial charge >= 0.3 is 0 Å². The molecule has 3 aromatic carbocycles. The molecule has 0 aliphatic heterocycles. The summed E-state index contributed by atoms with van der Waals surface area (Å²) in [5.74, 6) is 0.146. The maximum atomic E-state index is 13.6. The highest BCUT2D eigenvalue weighted by molar-refractivity contribution is 6.12. The Morgan fingerprint density at radius 2 is 1.74 bits per heavy atom. The number of hydrogen-bond acceptors (Lipinski definition) is 7. The van der Waals surface area contributed by atoms with Crippen molar-refractivity contribution in [2.24, 2.45) is 0 Å². The molecule has 8 nitrogen and oxygen atoms in total. The van der Waals surface area contributed by atoms with Crippen LogP contribution in [0.2, 0.25) is 0 Å². The number of nitrogens with zero attached hydrogens (tertiary/aromatic N) is 4. The minimum Gasteiger partial charge on any atom is -0.455 e. The third-order valence-corrected chi connectivity index (χ3v) is 6.34. The lowest BCUT2D eigenvalue weighted by Gasteiger charge is -2.18. The van der Waals surface area contributed by atoms with Crippen LogP contribution in [0.25, 0.3) is 56.1 Å². The largest absolute Gasteiger partial charge is 0.455 e. The van der Waals surface area contributed by atoms with Gasteiger partial charge in [0.15, 0.2) is 5.58 Å². The molecular weight excluding hydrogens is 485 g/mol. The summed E-state index contributed by atoms with van der Waals surface area (Å²) in [6.07, 6.45) is 3.01. The molecule has 0 bridgehead atoms. The van der Waals surface area contributed by atoms with E-state index in [0.717, 1.165) is 22.4 Å². The van der Waals surface area contributed by atoms with Crippen molar-refractivity contribution in [3.63, 3.8) is 0 Å². The van der Waals surface area contributed by atoms with Crippen molar-refractivity contribution < 1.29 is 18.0 Å². The lowest BCUT2D eigenvalue weighted by Crippen LogP contribution is -2.18. The van der Waals surface area contributed by atoms with Crippen LogP contribution in [-0.4, -0.2) is 42.0 Å². The molecule has 188 valence electrons. The SMILES string of the molecule is CNC(=O)c1c(-c2ccc(F)cc2)oc2cc(N(C)C)c(-c3cccc(-c4nc5ncncc5o4)c3)cc12. The van der Waals surface area contributed by atoms with Crippen LogP contribution in [0.1, 0.15) is 10.4 Å². The Balaban J connectivity index is 1.56. The molecule has 0 radical (unpaired) electrons. The normalized spacial score (nSPS) is 11.3. The second-order valence-electron chi connectivity index (χ2n) is 8.96. The fraction of sp³-hybridized carbons (Fsp3) is 0.103. The molecule has 0 aliphatic carbocycles. The van der Waals surface area contributed by atoms with Crippen LogP contribution in [0.15, 0.2) is 82.0 Å². The molecular formula is C29H22FN5O3. The van der Waals surface area contributed by atoms with Gasteiger partial charge in [0.2, 0.25) is 11.5 Å². The molecule has 6 rings (SSSR count). The standard InChI is InChI=1S/C29H22FN5O3/c1-31-28(36)25-21-12-20(17-5-4-6-18(11-17)29-34-27-24(38-29)14-32-15-33-27)22(35(2)3)13-23(21)37-26(25)16-7-9-19(30)10-8-16/h4-15H,1-3H3,(H,31,36). The minimum absolute atomic E-state index is 0.298. The minimum atomic E-state index is -0.366. The molecule has 1 N–H and O–H groups in total. The lowest BCUT2D eigenvalue weighted by molar-refractivity contribution is 0.0964. The summed E-state index contributed by atoms with van der Waals surface area (Å²) in [5, 5.41) is 3.35. The Morgan fingerprint density at radius 1 is 0.947 bits per heavy atom. The van der Waals surface area contributed by atoms with Crippen LogP contribution < -0.4 is 10.2 Å². The van der Waals surface area contributed by atoms with Gasteiger partial charge < -0.3 is 19.1 Å². The first-order valence-electron chi connectivity index (χ1n) is 11.9. The molecule has 1 amide bonds. The van der Waals surface area contributed by atoms with Gasteiger partial charge in [-0.05, 0) is 48.0 Å². The molecule has 0 spiro atoms. The van der Waals surface area contributed by atoms with Crippen LogP contribution in [-0.2, 0) is 0 Å². The van der Waals surface area contributed by atoms with Crippen LogP contribution in [0.5, 0.6) is 0 Å². The monoisotopic (exact) mass is 507 g/mol. The average Bonchev–Trinajstić information content (AvgIpc) is 3.54. The van der Waals surface area contributed by atoms with Gasteiger partial charge in [0.05, 0.1) is 11.8 Å². The Kier molecular flexibility index (Phi) is 5.60. The Bertz CT molecular complexity index is 1790. The predicted octanol–water partition coefficient (Wildman–Crippen LogP) is 5.93. The summed E-state index contributed by atoms with van der Waals surface area (Å²) >= 11 is 0. The number of oxazole rings is 1. The summed E-state index contributed by atoms with van der Waals surface area (Å²) < 4.78 is 25.7. The number of amides is 1. The van der Waals surface area contributed by atoms with Gasteiger partial charge in [-0.25, -0.2) is 14.4 Å². The zero-order chi connectivity index (χ0) is 26.4. The van der Waals surface area contributed by atoms with Gasteiger partial charge in [-0.3, -0.25) is 4.79 Å². The third kappa shape index (κ3) is 3.94. The number of halogens is 1. The zero-order valence-corrected chi connectivity index (χ0v) is 20.8. The van der Waals surface area contributed by atoms with Crippen LogP contribution >= 0.6 is 0 Å².